The van der Waals surface area contributed by atoms with Gasteiger partial charge in [-0.25, -0.2) is 0 Å². The Kier molecular flexibility index (Phi) is 5.40. The maximum absolute atomic E-state index is 12.0. The van der Waals surface area contributed by atoms with Gasteiger partial charge in [-0.15, -0.1) is 4.99 Å². The summed E-state index contributed by atoms with van der Waals surface area (Å²) in [6, 6.07) is 14.0. The summed E-state index contributed by atoms with van der Waals surface area (Å²) in [6.07, 6.45) is 3.49. The number of hydrogen-bond donors (Lipinski definition) is 1. The van der Waals surface area contributed by atoms with Gasteiger partial charge in [-0.1, -0.05) is 30.3 Å². The first-order chi connectivity index (χ1) is 12.6. The molecule has 1 amide bonds. The Morgan fingerprint density at radius 1 is 1.23 bits per heavy atom. The fraction of sp³-hybridized carbons (Fsp3) is 0.150. The minimum absolute atomic E-state index is 0.245. The lowest BCUT2D eigenvalue weighted by atomic mass is 10.0. The molecule has 130 valence electrons. The zero-order valence-corrected chi connectivity index (χ0v) is 15.3. The molecule has 1 saturated heterocycles. The third-order valence-electron chi connectivity index (χ3n) is 3.89. The number of amidine groups is 1. The lowest BCUT2D eigenvalue weighted by molar-refractivity contribution is -0.115. The number of aryl methyl sites for hydroxylation is 2. The zero-order valence-electron chi connectivity index (χ0n) is 14.4. The predicted octanol–water partition coefficient (Wildman–Crippen LogP) is 3.92. The van der Waals surface area contributed by atoms with Gasteiger partial charge in [-0.3, -0.25) is 10.1 Å². The largest absolute Gasteiger partial charge is 0.489 e. The molecule has 1 heterocycles. The molecule has 2 aromatic carbocycles. The maximum atomic E-state index is 12.0. The van der Waals surface area contributed by atoms with Crippen LogP contribution in [0.2, 0.25) is 0 Å². The van der Waals surface area contributed by atoms with Gasteiger partial charge in [0, 0.05) is 0 Å². The van der Waals surface area contributed by atoms with Crippen molar-refractivity contribution in [1.82, 2.24) is 5.32 Å². The molecule has 2 aromatic rings. The van der Waals surface area contributed by atoms with Gasteiger partial charge in [-0.05, 0) is 66.1 Å². The Morgan fingerprint density at radius 2 is 2.00 bits per heavy atom. The molecule has 1 fully saturated rings. The molecule has 6 heteroatoms. The summed E-state index contributed by atoms with van der Waals surface area (Å²) >= 11 is 1.16. The van der Waals surface area contributed by atoms with Crippen LogP contribution in [0.3, 0.4) is 0 Å². The van der Waals surface area contributed by atoms with Crippen LogP contribution in [-0.2, 0) is 11.4 Å². The van der Waals surface area contributed by atoms with E-state index in [0.29, 0.717) is 16.7 Å². The fourth-order valence-electron chi connectivity index (χ4n) is 2.53. The van der Waals surface area contributed by atoms with E-state index in [9.17, 15) is 4.79 Å². The molecular weight excluding hydrogens is 346 g/mol. The molecular formula is C20H17N3O2S. The molecule has 3 rings (SSSR count). The molecule has 0 radical (unpaired) electrons. The van der Waals surface area contributed by atoms with Crippen molar-refractivity contribution >= 4 is 28.9 Å². The van der Waals surface area contributed by atoms with Crippen molar-refractivity contribution in [2.45, 2.75) is 20.5 Å². The quantitative estimate of drug-likeness (QED) is 0.660. The molecule has 0 atom stereocenters. The highest BCUT2D eigenvalue weighted by Gasteiger charge is 2.24. The van der Waals surface area contributed by atoms with Gasteiger partial charge >= 0.3 is 0 Å². The van der Waals surface area contributed by atoms with Crippen LogP contribution in [0.1, 0.15) is 22.3 Å². The summed E-state index contributed by atoms with van der Waals surface area (Å²) in [4.78, 5) is 16.1. The van der Waals surface area contributed by atoms with Crippen molar-refractivity contribution in [1.29, 1.82) is 5.26 Å². The van der Waals surface area contributed by atoms with Crippen LogP contribution < -0.4 is 10.1 Å². The number of carbonyl (C=O) groups is 1. The predicted molar refractivity (Wildman–Crippen MR) is 103 cm³/mol. The zero-order chi connectivity index (χ0) is 18.5. The molecule has 26 heavy (non-hydrogen) atoms. The van der Waals surface area contributed by atoms with Crippen LogP contribution in [0, 0.1) is 25.3 Å². The van der Waals surface area contributed by atoms with E-state index in [4.69, 9.17) is 10.00 Å². The molecule has 1 N–H and O–H groups in total. The molecule has 1 aliphatic heterocycles. The van der Waals surface area contributed by atoms with Crippen molar-refractivity contribution in [3.05, 3.63) is 69.6 Å². The lowest BCUT2D eigenvalue weighted by Crippen LogP contribution is -2.19. The van der Waals surface area contributed by atoms with E-state index in [1.54, 1.807) is 6.19 Å². The minimum Gasteiger partial charge on any atom is -0.489 e. The van der Waals surface area contributed by atoms with E-state index in [2.05, 4.69) is 10.3 Å². The first-order valence-corrected chi connectivity index (χ1v) is 8.84. The number of aliphatic imine (C=N–C) groups is 1. The van der Waals surface area contributed by atoms with Crippen molar-refractivity contribution in [3.63, 3.8) is 0 Å². The highest BCUT2D eigenvalue weighted by molar-refractivity contribution is 8.18. The Labute approximate surface area is 156 Å². The maximum Gasteiger partial charge on any atom is 0.264 e. The Hall–Kier alpha value is -3.04. The second-order valence-corrected chi connectivity index (χ2v) is 6.86. The first-order valence-electron chi connectivity index (χ1n) is 8.02. The smallest absolute Gasteiger partial charge is 0.264 e. The molecule has 0 bridgehead atoms. The lowest BCUT2D eigenvalue weighted by Gasteiger charge is -2.12. The van der Waals surface area contributed by atoms with Crippen molar-refractivity contribution in [2.75, 3.05) is 0 Å². The van der Waals surface area contributed by atoms with E-state index < -0.39 is 0 Å². The minimum atomic E-state index is -0.245. The molecule has 0 saturated carbocycles. The molecule has 0 aromatic heterocycles. The van der Waals surface area contributed by atoms with E-state index in [0.717, 1.165) is 39.8 Å². The number of ether oxygens (including phenoxy) is 1. The molecule has 0 aliphatic carbocycles. The van der Waals surface area contributed by atoms with Crippen molar-refractivity contribution in [2.24, 2.45) is 4.99 Å². The Bertz CT molecular complexity index is 944. The third kappa shape index (κ3) is 4.13. The van der Waals surface area contributed by atoms with Gasteiger partial charge in [0.1, 0.15) is 12.4 Å². The van der Waals surface area contributed by atoms with Crippen molar-refractivity contribution in [3.8, 4) is 11.9 Å². The number of carbonyl (C=O) groups excluding carboxylic acids is 1. The highest BCUT2D eigenvalue weighted by Crippen LogP contribution is 2.30. The summed E-state index contributed by atoms with van der Waals surface area (Å²) in [5, 5.41) is 11.5. The van der Waals surface area contributed by atoms with Crippen LogP contribution in [0.15, 0.2) is 52.4 Å². The van der Waals surface area contributed by atoms with Crippen molar-refractivity contribution < 1.29 is 9.53 Å². The summed E-state index contributed by atoms with van der Waals surface area (Å²) in [5.74, 6) is 0.578. The Balaban J connectivity index is 1.79. The number of nitriles is 1. The fourth-order valence-corrected chi connectivity index (χ4v) is 3.29. The van der Waals surface area contributed by atoms with Crippen LogP contribution in [-0.4, -0.2) is 11.1 Å². The SMILES string of the molecule is Cc1cc(OCc2ccccc2)c(C)cc1/C=C1\SC(=NC#N)NC1=O. The molecule has 0 spiro atoms. The van der Waals surface area contributed by atoms with Crippen LogP contribution in [0.5, 0.6) is 5.75 Å². The Morgan fingerprint density at radius 3 is 2.73 bits per heavy atom. The normalized spacial score (nSPS) is 16.6. The first kappa shape index (κ1) is 17.8. The summed E-state index contributed by atoms with van der Waals surface area (Å²) in [6.45, 7) is 4.46. The van der Waals surface area contributed by atoms with Gasteiger partial charge < -0.3 is 4.74 Å². The van der Waals surface area contributed by atoms with E-state index in [1.807, 2.05) is 62.4 Å². The number of thioether (sulfide) groups is 1. The highest BCUT2D eigenvalue weighted by atomic mass is 32.2. The number of hydrogen-bond acceptors (Lipinski definition) is 5. The number of nitrogens with one attached hydrogen (secondary N) is 1. The average Bonchev–Trinajstić information content (AvgIpc) is 2.97. The van der Waals surface area contributed by atoms with Crippen LogP contribution in [0.4, 0.5) is 0 Å². The van der Waals surface area contributed by atoms with Gasteiger partial charge in [0.05, 0.1) is 4.91 Å². The topological polar surface area (TPSA) is 74.5 Å². The second kappa shape index (κ2) is 7.89. The van der Waals surface area contributed by atoms with Gasteiger partial charge in [0.15, 0.2) is 5.17 Å². The van der Waals surface area contributed by atoms with Gasteiger partial charge in [0.25, 0.3) is 5.91 Å². The molecule has 1 aliphatic rings. The van der Waals surface area contributed by atoms with Crippen LogP contribution in [0.25, 0.3) is 6.08 Å². The van der Waals surface area contributed by atoms with E-state index >= 15 is 0 Å². The standard InChI is InChI=1S/C20H17N3O2S/c1-13-9-17(25-11-15-6-4-3-5-7-15)14(2)8-16(13)10-18-19(24)23-20(26-18)22-12-21/h3-10H,11H2,1-2H3,(H,22,23,24)/b18-10-. The van der Waals surface area contributed by atoms with E-state index in [-0.39, 0.29) is 5.91 Å². The third-order valence-corrected chi connectivity index (χ3v) is 4.80. The number of nitrogens with zero attached hydrogens (tertiary/aromatic N) is 2. The summed E-state index contributed by atoms with van der Waals surface area (Å²) in [7, 11) is 0. The summed E-state index contributed by atoms with van der Waals surface area (Å²) in [5.41, 5.74) is 4.04. The van der Waals surface area contributed by atoms with Crippen LogP contribution >= 0.6 is 11.8 Å². The number of benzene rings is 2. The summed E-state index contributed by atoms with van der Waals surface area (Å²) < 4.78 is 5.94. The van der Waals surface area contributed by atoms with E-state index in [1.165, 1.54) is 0 Å². The average molecular weight is 363 g/mol. The number of amides is 1. The molecule has 0 unspecified atom stereocenters. The monoisotopic (exact) mass is 363 g/mol. The second-order valence-electron chi connectivity index (χ2n) is 5.83. The van der Waals surface area contributed by atoms with Gasteiger partial charge in [0.2, 0.25) is 6.19 Å². The van der Waals surface area contributed by atoms with Gasteiger partial charge in [-0.2, -0.15) is 5.26 Å². The number of rotatable bonds is 4. The molecule has 5 nitrogen and oxygen atoms in total.